The minimum atomic E-state index is -0.0516. The van der Waals surface area contributed by atoms with Crippen LogP contribution in [0, 0.1) is 6.92 Å². The second kappa shape index (κ2) is 6.73. The fraction of sp³-hybridized carbons (Fsp3) is 0.143. The van der Waals surface area contributed by atoms with E-state index in [0.29, 0.717) is 11.6 Å². The topological polar surface area (TPSA) is 42.0 Å². The Morgan fingerprint density at radius 3 is 2.63 bits per heavy atom. The minimum Gasteiger partial charge on any atom is -0.310 e. The number of nitrogens with zero attached hydrogens (tertiary/aromatic N) is 1. The maximum atomic E-state index is 11.8. The third kappa shape index (κ3) is 4.69. The van der Waals surface area contributed by atoms with E-state index in [1.165, 1.54) is 11.8 Å². The Balaban J connectivity index is 1.84. The number of anilines is 1. The van der Waals surface area contributed by atoms with Crippen LogP contribution < -0.4 is 5.32 Å². The summed E-state index contributed by atoms with van der Waals surface area (Å²) in [6, 6.07) is 11.6. The zero-order chi connectivity index (χ0) is 13.7. The van der Waals surface area contributed by atoms with Crippen LogP contribution >= 0.6 is 27.7 Å². The lowest BCUT2D eigenvalue weighted by molar-refractivity contribution is -0.113. The lowest BCUT2D eigenvalue weighted by Crippen LogP contribution is -2.14. The molecule has 0 aliphatic carbocycles. The first kappa shape index (κ1) is 14.1. The molecule has 1 N–H and O–H groups in total. The molecule has 98 valence electrons. The largest absolute Gasteiger partial charge is 0.310 e. The summed E-state index contributed by atoms with van der Waals surface area (Å²) in [7, 11) is 0. The van der Waals surface area contributed by atoms with Gasteiger partial charge in [-0.1, -0.05) is 22.0 Å². The highest BCUT2D eigenvalue weighted by Crippen LogP contribution is 2.20. The van der Waals surface area contributed by atoms with Gasteiger partial charge in [-0.25, -0.2) is 4.98 Å². The van der Waals surface area contributed by atoms with Crippen molar-refractivity contribution in [1.82, 2.24) is 4.98 Å². The number of benzene rings is 1. The minimum absolute atomic E-state index is 0.0516. The average Bonchev–Trinajstić information content (AvgIpc) is 2.41. The summed E-state index contributed by atoms with van der Waals surface area (Å²) in [4.78, 5) is 17.0. The van der Waals surface area contributed by atoms with Crippen molar-refractivity contribution in [1.29, 1.82) is 0 Å². The summed E-state index contributed by atoms with van der Waals surface area (Å²) in [5.41, 5.74) is 1.07. The van der Waals surface area contributed by atoms with E-state index >= 15 is 0 Å². The van der Waals surface area contributed by atoms with Gasteiger partial charge in [0.25, 0.3) is 0 Å². The number of rotatable bonds is 4. The number of nitrogens with one attached hydrogen (secondary N) is 1. The maximum Gasteiger partial charge on any atom is 0.235 e. The quantitative estimate of drug-likeness (QED) is 0.861. The molecule has 3 nitrogen and oxygen atoms in total. The van der Waals surface area contributed by atoms with Crippen LogP contribution in [0.4, 0.5) is 5.82 Å². The number of carbonyl (C=O) groups excluding carboxylic acids is 1. The Hall–Kier alpha value is -1.33. The number of aryl methyl sites for hydroxylation is 1. The summed E-state index contributed by atoms with van der Waals surface area (Å²) in [6.07, 6.45) is 1.73. The van der Waals surface area contributed by atoms with Gasteiger partial charge >= 0.3 is 0 Å². The molecule has 0 saturated carbocycles. The number of hydrogen-bond acceptors (Lipinski definition) is 3. The predicted molar refractivity (Wildman–Crippen MR) is 82.5 cm³/mol. The maximum absolute atomic E-state index is 11.8. The van der Waals surface area contributed by atoms with Crippen LogP contribution in [0.5, 0.6) is 0 Å². The van der Waals surface area contributed by atoms with Crippen LogP contribution in [0.25, 0.3) is 0 Å². The smallest absolute Gasteiger partial charge is 0.235 e. The van der Waals surface area contributed by atoms with Crippen molar-refractivity contribution in [2.75, 3.05) is 11.1 Å². The second-order valence-electron chi connectivity index (χ2n) is 4.01. The van der Waals surface area contributed by atoms with Crippen molar-refractivity contribution in [3.05, 3.63) is 52.6 Å². The number of thioether (sulfide) groups is 1. The van der Waals surface area contributed by atoms with Gasteiger partial charge in [0.15, 0.2) is 0 Å². The molecule has 2 rings (SSSR count). The van der Waals surface area contributed by atoms with E-state index in [0.717, 1.165) is 14.9 Å². The third-order valence-corrected chi connectivity index (χ3v) is 3.90. The first-order valence-electron chi connectivity index (χ1n) is 5.74. The van der Waals surface area contributed by atoms with E-state index in [1.54, 1.807) is 12.3 Å². The monoisotopic (exact) mass is 336 g/mol. The van der Waals surface area contributed by atoms with Gasteiger partial charge in [0.05, 0.1) is 5.75 Å². The van der Waals surface area contributed by atoms with Gasteiger partial charge in [-0.3, -0.25) is 4.79 Å². The molecule has 0 bridgehead atoms. The Labute approximate surface area is 125 Å². The molecule has 1 aromatic heterocycles. The first-order chi connectivity index (χ1) is 9.13. The SMILES string of the molecule is Cc1ccc(NC(=O)CSc2ccc(Br)cc2)nc1. The summed E-state index contributed by atoms with van der Waals surface area (Å²) in [5, 5.41) is 2.77. The summed E-state index contributed by atoms with van der Waals surface area (Å²) < 4.78 is 1.03. The van der Waals surface area contributed by atoms with Gasteiger partial charge in [-0.15, -0.1) is 11.8 Å². The summed E-state index contributed by atoms with van der Waals surface area (Å²) in [5.74, 6) is 0.910. The molecule has 0 saturated heterocycles. The first-order valence-corrected chi connectivity index (χ1v) is 7.52. The van der Waals surface area contributed by atoms with Gasteiger partial charge in [0.1, 0.15) is 5.82 Å². The van der Waals surface area contributed by atoms with Crippen LogP contribution in [-0.4, -0.2) is 16.6 Å². The average molecular weight is 337 g/mol. The third-order valence-electron chi connectivity index (χ3n) is 2.36. The molecule has 0 aliphatic rings. The summed E-state index contributed by atoms with van der Waals surface area (Å²) in [6.45, 7) is 1.96. The van der Waals surface area contributed by atoms with E-state index in [9.17, 15) is 4.79 Å². The number of aromatic nitrogens is 1. The van der Waals surface area contributed by atoms with Gasteiger partial charge in [-0.2, -0.15) is 0 Å². The van der Waals surface area contributed by atoms with Crippen LogP contribution in [0.15, 0.2) is 52.0 Å². The molecule has 1 heterocycles. The molecule has 2 aromatic rings. The number of pyridine rings is 1. The zero-order valence-electron chi connectivity index (χ0n) is 10.4. The summed E-state index contributed by atoms with van der Waals surface area (Å²) >= 11 is 4.88. The van der Waals surface area contributed by atoms with E-state index in [-0.39, 0.29) is 5.91 Å². The second-order valence-corrected chi connectivity index (χ2v) is 5.98. The van der Waals surface area contributed by atoms with E-state index in [1.807, 2.05) is 37.3 Å². The molecule has 0 aliphatic heterocycles. The van der Waals surface area contributed by atoms with Crippen molar-refractivity contribution >= 4 is 39.4 Å². The van der Waals surface area contributed by atoms with Crippen LogP contribution in [0.2, 0.25) is 0 Å². The molecule has 0 radical (unpaired) electrons. The molecule has 1 amide bonds. The van der Waals surface area contributed by atoms with E-state index in [4.69, 9.17) is 0 Å². The van der Waals surface area contributed by atoms with Crippen molar-refractivity contribution in [3.8, 4) is 0 Å². The molecule has 5 heteroatoms. The van der Waals surface area contributed by atoms with Crippen LogP contribution in [0.1, 0.15) is 5.56 Å². The van der Waals surface area contributed by atoms with Crippen LogP contribution in [-0.2, 0) is 4.79 Å². The molecule has 19 heavy (non-hydrogen) atoms. The molecule has 0 spiro atoms. The fourth-order valence-electron chi connectivity index (χ4n) is 1.40. The van der Waals surface area contributed by atoms with Gasteiger partial charge in [0, 0.05) is 15.6 Å². The molecule has 0 atom stereocenters. The van der Waals surface area contributed by atoms with Crippen LogP contribution in [0.3, 0.4) is 0 Å². The lowest BCUT2D eigenvalue weighted by atomic mass is 10.3. The highest BCUT2D eigenvalue weighted by atomic mass is 79.9. The van der Waals surface area contributed by atoms with Crippen molar-refractivity contribution in [2.45, 2.75) is 11.8 Å². The predicted octanol–water partition coefficient (Wildman–Crippen LogP) is 3.88. The fourth-order valence-corrected chi connectivity index (χ4v) is 2.36. The lowest BCUT2D eigenvalue weighted by Gasteiger charge is -2.04. The molecule has 0 unspecified atom stereocenters. The Kier molecular flexibility index (Phi) is 4.99. The number of hydrogen-bond donors (Lipinski definition) is 1. The molecular weight excluding hydrogens is 324 g/mol. The Bertz CT molecular complexity index is 555. The number of amides is 1. The van der Waals surface area contributed by atoms with E-state index in [2.05, 4.69) is 26.2 Å². The van der Waals surface area contributed by atoms with Gasteiger partial charge in [-0.05, 0) is 42.8 Å². The van der Waals surface area contributed by atoms with E-state index < -0.39 is 0 Å². The normalized spacial score (nSPS) is 10.2. The highest BCUT2D eigenvalue weighted by molar-refractivity contribution is 9.10. The zero-order valence-corrected chi connectivity index (χ0v) is 12.8. The molecular formula is C14H13BrN2OS. The number of carbonyl (C=O) groups is 1. The van der Waals surface area contributed by atoms with Crippen molar-refractivity contribution in [3.63, 3.8) is 0 Å². The standard InChI is InChI=1S/C14H13BrN2OS/c1-10-2-7-13(16-8-10)17-14(18)9-19-12-5-3-11(15)4-6-12/h2-8H,9H2,1H3,(H,16,17,18). The van der Waals surface area contributed by atoms with Gasteiger partial charge < -0.3 is 5.32 Å². The molecule has 1 aromatic carbocycles. The highest BCUT2D eigenvalue weighted by Gasteiger charge is 2.04. The van der Waals surface area contributed by atoms with Gasteiger partial charge in [0.2, 0.25) is 5.91 Å². The molecule has 0 fully saturated rings. The number of halogens is 1. The van der Waals surface area contributed by atoms with Crippen molar-refractivity contribution in [2.24, 2.45) is 0 Å². The van der Waals surface area contributed by atoms with Crippen molar-refractivity contribution < 1.29 is 4.79 Å². The Morgan fingerprint density at radius 1 is 1.26 bits per heavy atom. The Morgan fingerprint density at radius 2 is 2.00 bits per heavy atom.